The van der Waals surface area contributed by atoms with E-state index in [0.29, 0.717) is 12.0 Å². The Balaban J connectivity index is 1.85. The Morgan fingerprint density at radius 2 is 1.79 bits per heavy atom. The Bertz CT molecular complexity index is 562. The molecular weight excluding hydrogens is 240 g/mol. The number of rotatable bonds is 4. The van der Waals surface area contributed by atoms with Gasteiger partial charge in [0, 0.05) is 18.2 Å². The minimum Gasteiger partial charge on any atom is -0.508 e. The molecule has 0 aliphatic rings. The van der Waals surface area contributed by atoms with E-state index in [0.717, 1.165) is 5.56 Å². The maximum Gasteiger partial charge on any atom is 0.271 e. The number of nitrogens with zero attached hydrogens (tertiary/aromatic N) is 1. The van der Waals surface area contributed by atoms with Gasteiger partial charge in [0.15, 0.2) is 0 Å². The third kappa shape index (κ3) is 3.96. The number of aromatic hydroxyl groups is 1. The van der Waals surface area contributed by atoms with E-state index in [1.807, 2.05) is 30.3 Å². The smallest absolute Gasteiger partial charge is 0.271 e. The van der Waals surface area contributed by atoms with Crippen LogP contribution in [0.2, 0.25) is 0 Å². The number of carbonyl (C=O) groups excluding carboxylic acids is 1. The van der Waals surface area contributed by atoms with Gasteiger partial charge in [0.05, 0.1) is 0 Å². The van der Waals surface area contributed by atoms with Crippen molar-refractivity contribution in [2.75, 3.05) is 0 Å². The standard InChI is InChI=1S/C15H14N2O2/c18-14-8-6-13(7-9-14)15(19)17-16-11-10-12-4-2-1-3-5-12/h1-9,11,18H,10H2,(H,17,19)/b16-11+. The third-order valence-electron chi connectivity index (χ3n) is 2.56. The van der Waals surface area contributed by atoms with Gasteiger partial charge in [-0.2, -0.15) is 5.10 Å². The minimum absolute atomic E-state index is 0.129. The van der Waals surface area contributed by atoms with Gasteiger partial charge in [0.25, 0.3) is 5.91 Å². The fourth-order valence-corrected chi connectivity index (χ4v) is 1.55. The van der Waals surface area contributed by atoms with Gasteiger partial charge in [-0.05, 0) is 29.8 Å². The highest BCUT2D eigenvalue weighted by molar-refractivity contribution is 5.94. The molecular formula is C15H14N2O2. The predicted octanol–water partition coefficient (Wildman–Crippen LogP) is 2.35. The SMILES string of the molecule is O=C(N/N=C/Cc1ccccc1)c1ccc(O)cc1. The predicted molar refractivity (Wildman–Crippen MR) is 74.2 cm³/mol. The van der Waals surface area contributed by atoms with Gasteiger partial charge in [0.2, 0.25) is 0 Å². The summed E-state index contributed by atoms with van der Waals surface area (Å²) in [6.45, 7) is 0. The zero-order chi connectivity index (χ0) is 13.5. The summed E-state index contributed by atoms with van der Waals surface area (Å²) in [5, 5.41) is 13.0. The number of phenols is 1. The average Bonchev–Trinajstić information content (AvgIpc) is 2.45. The van der Waals surface area contributed by atoms with Gasteiger partial charge in [-0.25, -0.2) is 5.43 Å². The molecule has 0 bridgehead atoms. The first-order valence-corrected chi connectivity index (χ1v) is 5.90. The second-order valence-corrected chi connectivity index (χ2v) is 3.99. The second-order valence-electron chi connectivity index (χ2n) is 3.99. The van der Waals surface area contributed by atoms with Crippen molar-refractivity contribution in [3.05, 3.63) is 65.7 Å². The summed E-state index contributed by atoms with van der Waals surface area (Å²) in [7, 11) is 0. The Morgan fingerprint density at radius 3 is 2.47 bits per heavy atom. The van der Waals surface area contributed by atoms with Crippen molar-refractivity contribution in [2.24, 2.45) is 5.10 Å². The summed E-state index contributed by atoms with van der Waals surface area (Å²) in [6.07, 6.45) is 2.31. The van der Waals surface area contributed by atoms with E-state index in [1.165, 1.54) is 24.3 Å². The first kappa shape index (κ1) is 12.8. The molecule has 96 valence electrons. The van der Waals surface area contributed by atoms with Crippen LogP contribution in [0.5, 0.6) is 5.75 Å². The van der Waals surface area contributed by atoms with Crippen LogP contribution < -0.4 is 5.43 Å². The Kier molecular flexibility index (Phi) is 4.29. The summed E-state index contributed by atoms with van der Waals surface area (Å²) >= 11 is 0. The van der Waals surface area contributed by atoms with Gasteiger partial charge in [-0.1, -0.05) is 30.3 Å². The molecule has 0 atom stereocenters. The van der Waals surface area contributed by atoms with E-state index in [4.69, 9.17) is 5.11 Å². The van der Waals surface area contributed by atoms with E-state index in [9.17, 15) is 4.79 Å². The number of hydrogen-bond donors (Lipinski definition) is 2. The number of amides is 1. The van der Waals surface area contributed by atoms with E-state index >= 15 is 0 Å². The molecule has 0 aromatic heterocycles. The highest BCUT2D eigenvalue weighted by atomic mass is 16.3. The molecule has 0 saturated heterocycles. The molecule has 0 spiro atoms. The molecule has 19 heavy (non-hydrogen) atoms. The lowest BCUT2D eigenvalue weighted by atomic mass is 10.2. The molecule has 0 unspecified atom stereocenters. The van der Waals surface area contributed by atoms with Crippen LogP contribution in [0.4, 0.5) is 0 Å². The normalized spacial score (nSPS) is 10.5. The van der Waals surface area contributed by atoms with Crippen LogP contribution in [0.15, 0.2) is 59.7 Å². The Hall–Kier alpha value is -2.62. The summed E-state index contributed by atoms with van der Waals surface area (Å²) in [6, 6.07) is 15.9. The molecule has 0 heterocycles. The maximum atomic E-state index is 11.7. The third-order valence-corrected chi connectivity index (χ3v) is 2.56. The molecule has 0 aliphatic heterocycles. The lowest BCUT2D eigenvalue weighted by Crippen LogP contribution is -2.17. The van der Waals surface area contributed by atoms with Gasteiger partial charge in [-0.15, -0.1) is 0 Å². The van der Waals surface area contributed by atoms with Crippen molar-refractivity contribution in [3.8, 4) is 5.75 Å². The van der Waals surface area contributed by atoms with Crippen LogP contribution in [0, 0.1) is 0 Å². The summed E-state index contributed by atoms with van der Waals surface area (Å²) in [5.74, 6) is -0.173. The van der Waals surface area contributed by atoms with Crippen molar-refractivity contribution in [1.29, 1.82) is 0 Å². The molecule has 0 fully saturated rings. The van der Waals surface area contributed by atoms with Gasteiger partial charge in [0.1, 0.15) is 5.75 Å². The van der Waals surface area contributed by atoms with Crippen LogP contribution in [-0.2, 0) is 6.42 Å². The van der Waals surface area contributed by atoms with Gasteiger partial charge in [-0.3, -0.25) is 4.79 Å². The van der Waals surface area contributed by atoms with E-state index in [-0.39, 0.29) is 11.7 Å². The van der Waals surface area contributed by atoms with E-state index in [1.54, 1.807) is 6.21 Å². The zero-order valence-electron chi connectivity index (χ0n) is 10.3. The lowest BCUT2D eigenvalue weighted by Gasteiger charge is -1.99. The zero-order valence-corrected chi connectivity index (χ0v) is 10.3. The van der Waals surface area contributed by atoms with Crippen molar-refractivity contribution in [3.63, 3.8) is 0 Å². The number of benzene rings is 2. The summed E-state index contributed by atoms with van der Waals surface area (Å²) in [5.41, 5.74) is 4.02. The fraction of sp³-hybridized carbons (Fsp3) is 0.0667. The molecule has 4 nitrogen and oxygen atoms in total. The minimum atomic E-state index is -0.302. The lowest BCUT2D eigenvalue weighted by molar-refractivity contribution is 0.0955. The molecule has 4 heteroatoms. The largest absolute Gasteiger partial charge is 0.508 e. The summed E-state index contributed by atoms with van der Waals surface area (Å²) in [4.78, 5) is 11.7. The van der Waals surface area contributed by atoms with E-state index in [2.05, 4.69) is 10.5 Å². The van der Waals surface area contributed by atoms with Gasteiger partial charge < -0.3 is 5.11 Å². The number of carbonyl (C=O) groups is 1. The molecule has 1 amide bonds. The maximum absolute atomic E-state index is 11.7. The number of nitrogens with one attached hydrogen (secondary N) is 1. The van der Waals surface area contributed by atoms with Crippen molar-refractivity contribution in [1.82, 2.24) is 5.43 Å². The molecule has 0 aliphatic carbocycles. The average molecular weight is 254 g/mol. The topological polar surface area (TPSA) is 61.7 Å². The van der Waals surface area contributed by atoms with Crippen molar-refractivity contribution >= 4 is 12.1 Å². The van der Waals surface area contributed by atoms with Crippen LogP contribution >= 0.6 is 0 Å². The molecule has 2 N–H and O–H groups in total. The monoisotopic (exact) mass is 254 g/mol. The first-order chi connectivity index (χ1) is 9.25. The molecule has 2 rings (SSSR count). The Labute approximate surface area is 111 Å². The van der Waals surface area contributed by atoms with Crippen molar-refractivity contribution in [2.45, 2.75) is 6.42 Å². The van der Waals surface area contributed by atoms with Crippen LogP contribution in [0.3, 0.4) is 0 Å². The molecule has 2 aromatic rings. The van der Waals surface area contributed by atoms with Crippen molar-refractivity contribution < 1.29 is 9.90 Å². The fourth-order valence-electron chi connectivity index (χ4n) is 1.55. The highest BCUT2D eigenvalue weighted by Gasteiger charge is 2.02. The number of phenolic OH excluding ortho intramolecular Hbond substituents is 1. The summed E-state index contributed by atoms with van der Waals surface area (Å²) < 4.78 is 0. The molecule has 2 aromatic carbocycles. The quantitative estimate of drug-likeness (QED) is 0.650. The highest BCUT2D eigenvalue weighted by Crippen LogP contribution is 2.09. The molecule has 0 radical (unpaired) electrons. The van der Waals surface area contributed by atoms with Crippen LogP contribution in [0.25, 0.3) is 0 Å². The first-order valence-electron chi connectivity index (χ1n) is 5.90. The molecule has 0 saturated carbocycles. The van der Waals surface area contributed by atoms with E-state index < -0.39 is 0 Å². The van der Waals surface area contributed by atoms with Gasteiger partial charge >= 0.3 is 0 Å². The Morgan fingerprint density at radius 1 is 1.11 bits per heavy atom. The van der Waals surface area contributed by atoms with Crippen LogP contribution in [-0.4, -0.2) is 17.2 Å². The number of hydrogen-bond acceptors (Lipinski definition) is 3. The van der Waals surface area contributed by atoms with Crippen LogP contribution in [0.1, 0.15) is 15.9 Å². The second kappa shape index (κ2) is 6.35. The number of hydrazone groups is 1.